The van der Waals surface area contributed by atoms with Crippen LogP contribution in [0, 0.1) is 6.92 Å². The van der Waals surface area contributed by atoms with Gasteiger partial charge in [-0.15, -0.1) is 0 Å². The van der Waals surface area contributed by atoms with Crippen molar-refractivity contribution in [3.05, 3.63) is 34.0 Å². The summed E-state index contributed by atoms with van der Waals surface area (Å²) in [4.78, 5) is 12.3. The van der Waals surface area contributed by atoms with Crippen molar-refractivity contribution >= 4 is 32.8 Å². The molecule has 0 spiro atoms. The van der Waals surface area contributed by atoms with Crippen LogP contribution < -0.4 is 5.32 Å². The first kappa shape index (κ1) is 14.1. The van der Waals surface area contributed by atoms with Crippen molar-refractivity contribution in [3.63, 3.8) is 0 Å². The Morgan fingerprint density at radius 3 is 2.74 bits per heavy atom. The van der Waals surface area contributed by atoms with Gasteiger partial charge in [0, 0.05) is 21.0 Å². The third kappa shape index (κ3) is 2.84. The number of hydrogen-bond donors (Lipinski definition) is 1. The van der Waals surface area contributed by atoms with Crippen LogP contribution in [0.5, 0.6) is 0 Å². The Bertz CT molecular complexity index is 628. The molecule has 1 aromatic carbocycles. The van der Waals surface area contributed by atoms with E-state index in [1.807, 2.05) is 45.9 Å². The smallest absolute Gasteiger partial charge is 0.287 e. The summed E-state index contributed by atoms with van der Waals surface area (Å²) in [5, 5.41) is 3.96. The van der Waals surface area contributed by atoms with Crippen molar-refractivity contribution in [2.45, 2.75) is 39.7 Å². The molecule has 0 aliphatic carbocycles. The van der Waals surface area contributed by atoms with Gasteiger partial charge in [-0.25, -0.2) is 0 Å². The Morgan fingerprint density at radius 1 is 1.42 bits per heavy atom. The predicted molar refractivity (Wildman–Crippen MR) is 80.5 cm³/mol. The van der Waals surface area contributed by atoms with Crippen LogP contribution in [-0.4, -0.2) is 11.4 Å². The van der Waals surface area contributed by atoms with Gasteiger partial charge in [0.05, 0.1) is 0 Å². The first-order valence-electron chi connectivity index (χ1n) is 6.35. The van der Waals surface area contributed by atoms with Crippen molar-refractivity contribution in [1.29, 1.82) is 0 Å². The Morgan fingerprint density at radius 2 is 2.11 bits per heavy atom. The number of benzene rings is 1. The number of nitrogens with one attached hydrogen (secondary N) is 1. The highest BCUT2D eigenvalue weighted by Gasteiger charge is 2.23. The zero-order valence-electron chi connectivity index (χ0n) is 11.6. The van der Waals surface area contributed by atoms with E-state index in [2.05, 4.69) is 21.2 Å². The van der Waals surface area contributed by atoms with E-state index in [0.717, 1.165) is 27.4 Å². The van der Waals surface area contributed by atoms with Gasteiger partial charge >= 0.3 is 0 Å². The molecule has 1 amide bonds. The molecule has 0 atom stereocenters. The number of rotatable bonds is 3. The van der Waals surface area contributed by atoms with E-state index >= 15 is 0 Å². The summed E-state index contributed by atoms with van der Waals surface area (Å²) in [6, 6.07) is 5.74. The molecule has 0 aliphatic heterocycles. The molecule has 1 aromatic heterocycles. The third-order valence-corrected chi connectivity index (χ3v) is 3.93. The van der Waals surface area contributed by atoms with E-state index in [1.165, 1.54) is 0 Å². The lowest BCUT2D eigenvalue weighted by Crippen LogP contribution is -2.42. The predicted octanol–water partition coefficient (Wildman–Crippen LogP) is 4.42. The maximum atomic E-state index is 12.3. The number of carbonyl (C=O) groups excluding carboxylic acids is 1. The average molecular weight is 324 g/mol. The van der Waals surface area contributed by atoms with Crippen molar-refractivity contribution in [3.8, 4) is 0 Å². The van der Waals surface area contributed by atoms with Gasteiger partial charge in [0.2, 0.25) is 0 Å². The molecule has 0 fully saturated rings. The summed E-state index contributed by atoms with van der Waals surface area (Å²) in [6.07, 6.45) is 0.865. The van der Waals surface area contributed by atoms with Gasteiger partial charge in [-0.1, -0.05) is 22.9 Å². The number of halogens is 1. The topological polar surface area (TPSA) is 42.2 Å². The van der Waals surface area contributed by atoms with Gasteiger partial charge in [0.15, 0.2) is 5.76 Å². The van der Waals surface area contributed by atoms with Crippen LogP contribution in [0.2, 0.25) is 0 Å². The number of amides is 1. The average Bonchev–Trinajstić information content (AvgIpc) is 2.66. The van der Waals surface area contributed by atoms with Crippen LogP contribution >= 0.6 is 15.9 Å². The molecule has 4 heteroatoms. The second-order valence-electron chi connectivity index (χ2n) is 5.39. The molecule has 2 aromatic rings. The molecule has 3 nitrogen and oxygen atoms in total. The van der Waals surface area contributed by atoms with Gasteiger partial charge in [-0.2, -0.15) is 0 Å². The molecule has 102 valence electrons. The SMILES string of the molecule is CCC(C)(C)NC(=O)c1oc2ccc(Br)cc2c1C. The quantitative estimate of drug-likeness (QED) is 0.908. The highest BCUT2D eigenvalue weighted by Crippen LogP contribution is 2.28. The van der Waals surface area contributed by atoms with E-state index in [-0.39, 0.29) is 11.4 Å². The fraction of sp³-hybridized carbons (Fsp3) is 0.400. The lowest BCUT2D eigenvalue weighted by Gasteiger charge is -2.23. The zero-order valence-corrected chi connectivity index (χ0v) is 13.2. The first-order chi connectivity index (χ1) is 8.84. The summed E-state index contributed by atoms with van der Waals surface area (Å²) >= 11 is 3.43. The Labute approximate surface area is 121 Å². The molecular weight excluding hydrogens is 306 g/mol. The molecule has 0 bridgehead atoms. The van der Waals surface area contributed by atoms with Crippen LogP contribution in [0.4, 0.5) is 0 Å². The fourth-order valence-corrected chi connectivity index (χ4v) is 2.22. The van der Waals surface area contributed by atoms with Gasteiger partial charge < -0.3 is 9.73 Å². The highest BCUT2D eigenvalue weighted by molar-refractivity contribution is 9.10. The van der Waals surface area contributed by atoms with Crippen LogP contribution in [-0.2, 0) is 0 Å². The summed E-state index contributed by atoms with van der Waals surface area (Å²) < 4.78 is 6.65. The van der Waals surface area contributed by atoms with E-state index in [0.29, 0.717) is 5.76 Å². The minimum atomic E-state index is -0.233. The zero-order chi connectivity index (χ0) is 14.2. The minimum absolute atomic E-state index is 0.156. The lowest BCUT2D eigenvalue weighted by atomic mass is 10.0. The number of furan rings is 1. The molecule has 0 unspecified atom stereocenters. The van der Waals surface area contributed by atoms with Crippen LogP contribution in [0.3, 0.4) is 0 Å². The number of aryl methyl sites for hydroxylation is 1. The summed E-state index contributed by atoms with van der Waals surface area (Å²) in [5.41, 5.74) is 1.38. The minimum Gasteiger partial charge on any atom is -0.451 e. The molecule has 1 heterocycles. The van der Waals surface area contributed by atoms with Crippen LogP contribution in [0.25, 0.3) is 11.0 Å². The van der Waals surface area contributed by atoms with Gasteiger partial charge in [0.1, 0.15) is 5.58 Å². The molecule has 2 rings (SSSR count). The molecule has 19 heavy (non-hydrogen) atoms. The number of fused-ring (bicyclic) bond motifs is 1. The van der Waals surface area contributed by atoms with Crippen LogP contribution in [0.15, 0.2) is 27.1 Å². The number of carbonyl (C=O) groups is 1. The van der Waals surface area contributed by atoms with Crippen molar-refractivity contribution in [1.82, 2.24) is 5.32 Å². The summed E-state index contributed by atoms with van der Waals surface area (Å²) in [5.74, 6) is 0.242. The van der Waals surface area contributed by atoms with Crippen molar-refractivity contribution < 1.29 is 9.21 Å². The van der Waals surface area contributed by atoms with E-state index in [4.69, 9.17) is 4.42 Å². The largest absolute Gasteiger partial charge is 0.451 e. The normalized spacial score (nSPS) is 11.8. The standard InChI is InChI=1S/C15H18BrNO2/c1-5-15(3,4)17-14(18)13-9(2)11-8-10(16)6-7-12(11)19-13/h6-8H,5H2,1-4H3,(H,17,18). The van der Waals surface area contributed by atoms with Gasteiger partial charge in [-0.3, -0.25) is 4.79 Å². The van der Waals surface area contributed by atoms with Crippen molar-refractivity contribution in [2.75, 3.05) is 0 Å². The molecule has 1 N–H and O–H groups in total. The Hall–Kier alpha value is -1.29. The number of hydrogen-bond acceptors (Lipinski definition) is 2. The summed E-state index contributed by atoms with van der Waals surface area (Å²) in [6.45, 7) is 7.95. The second-order valence-corrected chi connectivity index (χ2v) is 6.30. The van der Waals surface area contributed by atoms with Gasteiger partial charge in [0.25, 0.3) is 5.91 Å². The monoisotopic (exact) mass is 323 g/mol. The maximum Gasteiger partial charge on any atom is 0.287 e. The molecule has 0 radical (unpaired) electrons. The van der Waals surface area contributed by atoms with Gasteiger partial charge in [-0.05, 0) is 45.4 Å². The summed E-state index contributed by atoms with van der Waals surface area (Å²) in [7, 11) is 0. The Balaban J connectivity index is 2.40. The second kappa shape index (κ2) is 5.00. The van der Waals surface area contributed by atoms with E-state index in [1.54, 1.807) is 0 Å². The fourth-order valence-electron chi connectivity index (χ4n) is 1.86. The maximum absolute atomic E-state index is 12.3. The van der Waals surface area contributed by atoms with Crippen LogP contribution in [0.1, 0.15) is 43.3 Å². The Kier molecular flexibility index (Phi) is 3.72. The van der Waals surface area contributed by atoms with E-state index < -0.39 is 0 Å². The molecule has 0 aliphatic rings. The highest BCUT2D eigenvalue weighted by atomic mass is 79.9. The molecular formula is C15H18BrNO2. The van der Waals surface area contributed by atoms with Crippen molar-refractivity contribution in [2.24, 2.45) is 0 Å². The van der Waals surface area contributed by atoms with E-state index in [9.17, 15) is 4.79 Å². The molecule has 0 saturated heterocycles. The molecule has 0 saturated carbocycles. The lowest BCUT2D eigenvalue weighted by molar-refractivity contribution is 0.0884. The first-order valence-corrected chi connectivity index (χ1v) is 7.14. The third-order valence-electron chi connectivity index (χ3n) is 3.44.